The zero-order valence-electron chi connectivity index (χ0n) is 7.92. The van der Waals surface area contributed by atoms with Gasteiger partial charge < -0.3 is 0 Å². The Morgan fingerprint density at radius 1 is 1.58 bits per heavy atom. The highest BCUT2D eigenvalue weighted by Crippen LogP contribution is 2.15. The highest BCUT2D eigenvalue weighted by atomic mass is 35.5. The fourth-order valence-corrected chi connectivity index (χ4v) is 0.959. The van der Waals surface area contributed by atoms with Crippen LogP contribution in [0.25, 0.3) is 0 Å². The van der Waals surface area contributed by atoms with E-state index in [1.807, 2.05) is 19.1 Å². The van der Waals surface area contributed by atoms with Crippen LogP contribution in [0.15, 0.2) is 28.4 Å². The summed E-state index contributed by atoms with van der Waals surface area (Å²) >= 11 is 5.62. The number of rotatable bonds is 4. The molecule has 1 nitrogen and oxygen atoms in total. The van der Waals surface area contributed by atoms with Crippen molar-refractivity contribution in [1.29, 1.82) is 0 Å². The van der Waals surface area contributed by atoms with Gasteiger partial charge in [0.05, 0.1) is 5.70 Å². The normalized spacial score (nSPS) is 16.2. The maximum absolute atomic E-state index is 5.62. The topological polar surface area (TPSA) is 12.4 Å². The maximum atomic E-state index is 5.62. The second-order valence-corrected chi connectivity index (χ2v) is 2.87. The van der Waals surface area contributed by atoms with Gasteiger partial charge in [-0.05, 0) is 25.3 Å². The Bertz CT molecular complexity index is 192. The first-order valence-electron chi connectivity index (χ1n) is 4.21. The summed E-state index contributed by atoms with van der Waals surface area (Å²) in [5.74, 6) is 0.434. The molecule has 68 valence electrons. The number of nitrogens with zero attached hydrogens (tertiary/aromatic N) is 1. The third kappa shape index (κ3) is 4.35. The van der Waals surface area contributed by atoms with Crippen LogP contribution in [0.3, 0.4) is 0 Å². The first kappa shape index (κ1) is 11.4. The molecule has 1 unspecified atom stereocenters. The summed E-state index contributed by atoms with van der Waals surface area (Å²) in [4.78, 5) is 4.22. The standard InChI is InChI=1S/C10H16ClN/c1-4-6-7-12-10(8-11)9(3)5-2/h4,6-9H,5H2,1-3H3/b6-4-,10-8+,12-7+. The lowest BCUT2D eigenvalue weighted by molar-refractivity contribution is 0.651. The van der Waals surface area contributed by atoms with Gasteiger partial charge in [-0.2, -0.15) is 0 Å². The van der Waals surface area contributed by atoms with Crippen molar-refractivity contribution in [1.82, 2.24) is 0 Å². The first-order valence-corrected chi connectivity index (χ1v) is 4.65. The van der Waals surface area contributed by atoms with Crippen LogP contribution in [-0.4, -0.2) is 6.21 Å². The molecule has 0 spiro atoms. The molecule has 0 saturated carbocycles. The van der Waals surface area contributed by atoms with Gasteiger partial charge in [0.2, 0.25) is 0 Å². The van der Waals surface area contributed by atoms with E-state index in [0.29, 0.717) is 5.92 Å². The van der Waals surface area contributed by atoms with Gasteiger partial charge in [0, 0.05) is 11.7 Å². The zero-order chi connectivity index (χ0) is 9.40. The minimum absolute atomic E-state index is 0.434. The van der Waals surface area contributed by atoms with E-state index in [1.54, 1.807) is 11.7 Å². The summed E-state index contributed by atoms with van der Waals surface area (Å²) in [7, 11) is 0. The van der Waals surface area contributed by atoms with E-state index < -0.39 is 0 Å². The SMILES string of the molecule is C\C=C/C=N/C(=C/Cl)C(C)CC. The molecule has 0 saturated heterocycles. The van der Waals surface area contributed by atoms with Gasteiger partial charge in [0.1, 0.15) is 0 Å². The number of hydrogen-bond donors (Lipinski definition) is 0. The van der Waals surface area contributed by atoms with Gasteiger partial charge in [-0.1, -0.05) is 31.5 Å². The van der Waals surface area contributed by atoms with Crippen LogP contribution in [0.5, 0.6) is 0 Å². The molecular formula is C10H16ClN. The molecule has 2 heteroatoms. The minimum atomic E-state index is 0.434. The van der Waals surface area contributed by atoms with Crippen molar-refractivity contribution >= 4 is 17.8 Å². The van der Waals surface area contributed by atoms with E-state index >= 15 is 0 Å². The van der Waals surface area contributed by atoms with Crippen molar-refractivity contribution in [2.75, 3.05) is 0 Å². The lowest BCUT2D eigenvalue weighted by Crippen LogP contribution is -1.94. The Morgan fingerprint density at radius 2 is 2.25 bits per heavy atom. The second-order valence-electron chi connectivity index (χ2n) is 2.65. The summed E-state index contributed by atoms with van der Waals surface area (Å²) in [5.41, 5.74) is 2.49. The molecule has 0 aromatic carbocycles. The number of allylic oxidation sites excluding steroid dienone is 3. The van der Waals surface area contributed by atoms with Crippen LogP contribution in [0.2, 0.25) is 0 Å². The van der Waals surface area contributed by atoms with E-state index in [9.17, 15) is 0 Å². The maximum Gasteiger partial charge on any atom is 0.0544 e. The van der Waals surface area contributed by atoms with Crippen LogP contribution in [0.4, 0.5) is 0 Å². The molecule has 0 heterocycles. The first-order chi connectivity index (χ1) is 5.76. The Morgan fingerprint density at radius 3 is 2.67 bits per heavy atom. The van der Waals surface area contributed by atoms with E-state index in [2.05, 4.69) is 18.8 Å². The molecule has 0 aromatic heterocycles. The monoisotopic (exact) mass is 185 g/mol. The van der Waals surface area contributed by atoms with Crippen molar-refractivity contribution < 1.29 is 0 Å². The Kier molecular flexibility index (Phi) is 6.78. The molecule has 0 aliphatic carbocycles. The van der Waals surface area contributed by atoms with Gasteiger partial charge >= 0.3 is 0 Å². The van der Waals surface area contributed by atoms with Crippen molar-refractivity contribution in [3.05, 3.63) is 23.4 Å². The van der Waals surface area contributed by atoms with Crippen LogP contribution in [-0.2, 0) is 0 Å². The van der Waals surface area contributed by atoms with Crippen molar-refractivity contribution in [2.45, 2.75) is 27.2 Å². The molecule has 12 heavy (non-hydrogen) atoms. The summed E-state index contributed by atoms with van der Waals surface area (Å²) in [6, 6.07) is 0. The molecule has 1 atom stereocenters. The molecule has 0 fully saturated rings. The lowest BCUT2D eigenvalue weighted by atomic mass is 10.1. The molecule has 0 aliphatic rings. The molecule has 0 aromatic rings. The second kappa shape index (κ2) is 7.11. The van der Waals surface area contributed by atoms with Gasteiger partial charge in [0.15, 0.2) is 0 Å². The van der Waals surface area contributed by atoms with Gasteiger partial charge in [-0.3, -0.25) is 4.99 Å². The third-order valence-corrected chi connectivity index (χ3v) is 1.95. The largest absolute Gasteiger partial charge is 0.260 e. The molecule has 0 rings (SSSR count). The lowest BCUT2D eigenvalue weighted by Gasteiger charge is -2.06. The van der Waals surface area contributed by atoms with Crippen LogP contribution in [0.1, 0.15) is 27.2 Å². The molecular weight excluding hydrogens is 170 g/mol. The molecule has 0 aliphatic heterocycles. The molecule has 0 N–H and O–H groups in total. The predicted molar refractivity (Wildman–Crippen MR) is 56.7 cm³/mol. The number of aliphatic imine (C=N–C) groups is 1. The number of hydrogen-bond acceptors (Lipinski definition) is 1. The van der Waals surface area contributed by atoms with Crippen LogP contribution >= 0.6 is 11.6 Å². The Hall–Kier alpha value is -0.560. The fourth-order valence-electron chi connectivity index (χ4n) is 0.687. The van der Waals surface area contributed by atoms with E-state index in [0.717, 1.165) is 12.1 Å². The third-order valence-electron chi connectivity index (χ3n) is 1.73. The predicted octanol–water partition coefficient (Wildman–Crippen LogP) is 3.76. The highest BCUT2D eigenvalue weighted by molar-refractivity contribution is 6.25. The van der Waals surface area contributed by atoms with Crippen LogP contribution in [0, 0.1) is 5.92 Å². The van der Waals surface area contributed by atoms with Crippen molar-refractivity contribution in [2.24, 2.45) is 10.9 Å². The average molecular weight is 186 g/mol. The Labute approximate surface area is 79.8 Å². The summed E-state index contributed by atoms with van der Waals surface area (Å²) in [5, 5.41) is 0. The summed E-state index contributed by atoms with van der Waals surface area (Å²) in [6.07, 6.45) is 6.65. The zero-order valence-corrected chi connectivity index (χ0v) is 8.67. The number of halogens is 1. The fraction of sp³-hybridized carbons (Fsp3) is 0.500. The van der Waals surface area contributed by atoms with Gasteiger partial charge in [-0.25, -0.2) is 0 Å². The highest BCUT2D eigenvalue weighted by Gasteiger charge is 2.02. The van der Waals surface area contributed by atoms with E-state index in [1.165, 1.54) is 0 Å². The van der Waals surface area contributed by atoms with Crippen molar-refractivity contribution in [3.63, 3.8) is 0 Å². The summed E-state index contributed by atoms with van der Waals surface area (Å²) in [6.45, 7) is 6.19. The van der Waals surface area contributed by atoms with E-state index in [4.69, 9.17) is 11.6 Å². The quantitative estimate of drug-likeness (QED) is 0.592. The van der Waals surface area contributed by atoms with Gasteiger partial charge in [0.25, 0.3) is 0 Å². The van der Waals surface area contributed by atoms with Crippen LogP contribution < -0.4 is 0 Å². The van der Waals surface area contributed by atoms with Crippen molar-refractivity contribution in [3.8, 4) is 0 Å². The molecule has 0 radical (unpaired) electrons. The van der Waals surface area contributed by atoms with E-state index in [-0.39, 0.29) is 0 Å². The summed E-state index contributed by atoms with van der Waals surface area (Å²) < 4.78 is 0. The smallest absolute Gasteiger partial charge is 0.0544 e. The minimum Gasteiger partial charge on any atom is -0.260 e. The average Bonchev–Trinajstić information content (AvgIpc) is 2.11. The molecule has 0 amide bonds. The Balaban J connectivity index is 4.19. The molecule has 0 bridgehead atoms. The van der Waals surface area contributed by atoms with Gasteiger partial charge in [-0.15, -0.1) is 0 Å².